The van der Waals surface area contributed by atoms with Crippen LogP contribution < -0.4 is 35.4 Å². The van der Waals surface area contributed by atoms with E-state index in [1.165, 1.54) is 7.11 Å². The molecule has 30 heavy (non-hydrogen) atoms. The van der Waals surface area contributed by atoms with Gasteiger partial charge in [0.1, 0.15) is 0 Å². The van der Waals surface area contributed by atoms with Gasteiger partial charge in [0, 0.05) is 17.8 Å². The maximum Gasteiger partial charge on any atom is 0.220 e. The van der Waals surface area contributed by atoms with E-state index in [1.807, 2.05) is 12.1 Å². The minimum absolute atomic E-state index is 0.157. The van der Waals surface area contributed by atoms with Crippen LogP contribution in [0.1, 0.15) is 23.6 Å². The lowest BCUT2D eigenvalue weighted by molar-refractivity contribution is 0.324. The van der Waals surface area contributed by atoms with Gasteiger partial charge in [0.2, 0.25) is 11.2 Å². The molecule has 0 unspecified atom stereocenters. The highest BCUT2D eigenvalue weighted by molar-refractivity contribution is 5.82. The summed E-state index contributed by atoms with van der Waals surface area (Å²) in [5.74, 6) is 1.92. The zero-order valence-corrected chi connectivity index (χ0v) is 17.8. The van der Waals surface area contributed by atoms with Crippen LogP contribution in [0.3, 0.4) is 0 Å². The Kier molecular flexibility index (Phi) is 6.52. The molecule has 160 valence electrons. The second kappa shape index (κ2) is 9.09. The van der Waals surface area contributed by atoms with Crippen molar-refractivity contribution in [2.45, 2.75) is 18.9 Å². The van der Waals surface area contributed by atoms with Gasteiger partial charge in [-0.05, 0) is 47.7 Å². The number of methoxy groups -OCH3 is 4. The molecule has 0 amide bonds. The van der Waals surface area contributed by atoms with Crippen LogP contribution in [0.5, 0.6) is 23.0 Å². The standard InChI is InChI=1S/C23H28N2O5/c1-13(12-24)25-17-8-6-14-10-20(28-3)22(29-4)23(30-5)21(14)15-7-9-19(27-2)18(26)11-16(15)17/h7,9-11,17,25H,1,6,8,12,24H2,2-5H3/t17-/m0/s1. The van der Waals surface area contributed by atoms with E-state index in [-0.39, 0.29) is 17.2 Å². The predicted molar refractivity (Wildman–Crippen MR) is 117 cm³/mol. The first-order valence-electron chi connectivity index (χ1n) is 9.67. The van der Waals surface area contributed by atoms with Gasteiger partial charge in [-0.2, -0.15) is 0 Å². The number of rotatable bonds is 7. The first-order valence-corrected chi connectivity index (χ1v) is 9.67. The molecule has 7 nitrogen and oxygen atoms in total. The van der Waals surface area contributed by atoms with Crippen molar-refractivity contribution in [2.24, 2.45) is 5.73 Å². The molecule has 0 bridgehead atoms. The maximum absolute atomic E-state index is 12.7. The maximum atomic E-state index is 12.7. The zero-order chi connectivity index (χ0) is 21.8. The molecule has 2 aromatic rings. The molecule has 0 heterocycles. The first kappa shape index (κ1) is 21.5. The van der Waals surface area contributed by atoms with Gasteiger partial charge in [0.15, 0.2) is 17.2 Å². The van der Waals surface area contributed by atoms with Crippen LogP contribution in [0.25, 0.3) is 11.1 Å². The highest BCUT2D eigenvalue weighted by Crippen LogP contribution is 2.50. The molecule has 0 saturated heterocycles. The van der Waals surface area contributed by atoms with Gasteiger partial charge in [-0.3, -0.25) is 4.79 Å². The van der Waals surface area contributed by atoms with Crippen LogP contribution in [-0.2, 0) is 6.42 Å². The second-order valence-corrected chi connectivity index (χ2v) is 7.00. The summed E-state index contributed by atoms with van der Waals surface area (Å²) < 4.78 is 22.2. The Labute approximate surface area is 176 Å². The van der Waals surface area contributed by atoms with Crippen LogP contribution in [0.2, 0.25) is 0 Å². The molecule has 0 spiro atoms. The lowest BCUT2D eigenvalue weighted by atomic mass is 9.95. The number of fused-ring (bicyclic) bond motifs is 3. The summed E-state index contributed by atoms with van der Waals surface area (Å²) in [6.07, 6.45) is 1.45. The molecule has 0 aromatic heterocycles. The molecule has 0 aliphatic heterocycles. The van der Waals surface area contributed by atoms with Crippen molar-refractivity contribution in [3.05, 3.63) is 57.9 Å². The number of nitrogens with one attached hydrogen (secondary N) is 1. The lowest BCUT2D eigenvalue weighted by Gasteiger charge is -2.21. The first-order chi connectivity index (χ1) is 14.5. The molecule has 0 saturated carbocycles. The van der Waals surface area contributed by atoms with E-state index in [2.05, 4.69) is 11.9 Å². The number of hydrogen-bond donors (Lipinski definition) is 2. The van der Waals surface area contributed by atoms with Gasteiger partial charge in [-0.15, -0.1) is 0 Å². The molecule has 2 aromatic carbocycles. The Bertz CT molecular complexity index is 1020. The fourth-order valence-corrected chi connectivity index (χ4v) is 3.92. The third-order valence-corrected chi connectivity index (χ3v) is 5.35. The third-order valence-electron chi connectivity index (χ3n) is 5.35. The SMILES string of the molecule is C=C(CN)N[C@H]1CCc2cc(OC)c(OC)c(OC)c2-c2ccc(OC)c(=O)cc21. The van der Waals surface area contributed by atoms with E-state index < -0.39 is 0 Å². The third kappa shape index (κ3) is 3.80. The number of ether oxygens (including phenoxy) is 4. The summed E-state index contributed by atoms with van der Waals surface area (Å²) in [4.78, 5) is 12.7. The van der Waals surface area contributed by atoms with E-state index in [4.69, 9.17) is 24.7 Å². The second-order valence-electron chi connectivity index (χ2n) is 7.00. The zero-order valence-electron chi connectivity index (χ0n) is 17.8. The van der Waals surface area contributed by atoms with Crippen LogP contribution in [0.15, 0.2) is 41.3 Å². The van der Waals surface area contributed by atoms with Gasteiger partial charge < -0.3 is 30.0 Å². The summed E-state index contributed by atoms with van der Waals surface area (Å²) in [5.41, 5.74) is 9.83. The molecule has 3 N–H and O–H groups in total. The van der Waals surface area contributed by atoms with E-state index in [9.17, 15) is 4.79 Å². The predicted octanol–water partition coefficient (Wildman–Crippen LogP) is 2.80. The Morgan fingerprint density at radius 2 is 1.77 bits per heavy atom. The fraction of sp³-hybridized carbons (Fsp3) is 0.348. The van der Waals surface area contributed by atoms with Crippen molar-refractivity contribution in [3.8, 4) is 34.1 Å². The van der Waals surface area contributed by atoms with Crippen molar-refractivity contribution in [3.63, 3.8) is 0 Å². The van der Waals surface area contributed by atoms with E-state index in [1.54, 1.807) is 33.5 Å². The molecule has 1 atom stereocenters. The van der Waals surface area contributed by atoms with Crippen LogP contribution in [0, 0.1) is 0 Å². The van der Waals surface area contributed by atoms with Gasteiger partial charge in [-0.25, -0.2) is 0 Å². The largest absolute Gasteiger partial charge is 0.493 e. The van der Waals surface area contributed by atoms with Crippen LogP contribution in [-0.4, -0.2) is 35.0 Å². The molecule has 1 aliphatic carbocycles. The number of hydrogen-bond acceptors (Lipinski definition) is 7. The van der Waals surface area contributed by atoms with Crippen LogP contribution >= 0.6 is 0 Å². The average molecular weight is 412 g/mol. The lowest BCUT2D eigenvalue weighted by Crippen LogP contribution is -2.25. The molecular weight excluding hydrogens is 384 g/mol. The summed E-state index contributed by atoms with van der Waals surface area (Å²) >= 11 is 0. The van der Waals surface area contributed by atoms with Gasteiger partial charge in [-0.1, -0.05) is 12.6 Å². The summed E-state index contributed by atoms with van der Waals surface area (Å²) in [6.45, 7) is 4.28. The van der Waals surface area contributed by atoms with Gasteiger partial charge in [0.25, 0.3) is 0 Å². The summed E-state index contributed by atoms with van der Waals surface area (Å²) in [7, 11) is 6.25. The minimum Gasteiger partial charge on any atom is -0.493 e. The summed E-state index contributed by atoms with van der Waals surface area (Å²) in [6, 6.07) is 6.98. The Hall–Kier alpha value is -3.19. The number of benzene rings is 1. The topological polar surface area (TPSA) is 92.0 Å². The van der Waals surface area contributed by atoms with Crippen molar-refractivity contribution in [1.29, 1.82) is 0 Å². The Balaban J connectivity index is 2.38. The molecule has 0 radical (unpaired) electrons. The van der Waals surface area contributed by atoms with Crippen LogP contribution in [0.4, 0.5) is 0 Å². The molecule has 1 aliphatic rings. The van der Waals surface area contributed by atoms with E-state index in [0.29, 0.717) is 29.5 Å². The van der Waals surface area contributed by atoms with E-state index in [0.717, 1.165) is 35.1 Å². The normalized spacial score (nSPS) is 14.6. The van der Waals surface area contributed by atoms with Crippen molar-refractivity contribution >= 4 is 0 Å². The molecular formula is C23H28N2O5. The van der Waals surface area contributed by atoms with Gasteiger partial charge >= 0.3 is 0 Å². The molecule has 7 heteroatoms. The smallest absolute Gasteiger partial charge is 0.220 e. The Morgan fingerprint density at radius 1 is 1.07 bits per heavy atom. The van der Waals surface area contributed by atoms with Crippen molar-refractivity contribution in [1.82, 2.24) is 5.32 Å². The average Bonchev–Trinajstić information content (AvgIpc) is 3.00. The Morgan fingerprint density at radius 3 is 2.37 bits per heavy atom. The highest BCUT2D eigenvalue weighted by Gasteiger charge is 2.29. The molecule has 3 rings (SSSR count). The fourth-order valence-electron chi connectivity index (χ4n) is 3.92. The quantitative estimate of drug-likeness (QED) is 0.722. The van der Waals surface area contributed by atoms with E-state index >= 15 is 0 Å². The van der Waals surface area contributed by atoms with Crippen molar-refractivity contribution in [2.75, 3.05) is 35.0 Å². The monoisotopic (exact) mass is 412 g/mol. The highest BCUT2D eigenvalue weighted by atomic mass is 16.5. The molecule has 0 fully saturated rings. The van der Waals surface area contributed by atoms with Gasteiger partial charge in [0.05, 0.1) is 34.5 Å². The summed E-state index contributed by atoms with van der Waals surface area (Å²) in [5, 5.41) is 3.37. The number of nitrogens with two attached hydrogens (primary N) is 1. The van der Waals surface area contributed by atoms with Crippen molar-refractivity contribution < 1.29 is 18.9 Å². The number of aryl methyl sites for hydroxylation is 1. The minimum atomic E-state index is -0.202.